The van der Waals surface area contributed by atoms with E-state index in [4.69, 9.17) is 4.74 Å². The molecule has 0 saturated heterocycles. The van der Waals surface area contributed by atoms with Crippen LogP contribution in [0.15, 0.2) is 24.3 Å². The summed E-state index contributed by atoms with van der Waals surface area (Å²) in [5.74, 6) is 3.16. The summed E-state index contributed by atoms with van der Waals surface area (Å²) < 4.78 is 5.65. The quantitative estimate of drug-likeness (QED) is 0.874. The zero-order chi connectivity index (χ0) is 17.3. The van der Waals surface area contributed by atoms with Gasteiger partial charge in [-0.25, -0.2) is 0 Å². The van der Waals surface area contributed by atoms with Crippen molar-refractivity contribution in [3.05, 3.63) is 29.8 Å². The molecule has 2 aliphatic rings. The normalized spacial score (nSPS) is 27.1. The lowest BCUT2D eigenvalue weighted by Gasteiger charge is -2.28. The van der Waals surface area contributed by atoms with E-state index in [9.17, 15) is 4.79 Å². The molecule has 0 heterocycles. The maximum absolute atomic E-state index is 12.2. The number of carbonyl (C=O) groups excluding carboxylic acids is 1. The van der Waals surface area contributed by atoms with Gasteiger partial charge < -0.3 is 10.1 Å². The first kappa shape index (κ1) is 17.3. The number of ether oxygens (including phenoxy) is 1. The van der Waals surface area contributed by atoms with Crippen LogP contribution in [0.3, 0.4) is 0 Å². The molecule has 0 aromatic heterocycles. The molecular weight excluding hydrogens is 298 g/mol. The Kier molecular flexibility index (Phi) is 4.89. The van der Waals surface area contributed by atoms with Crippen molar-refractivity contribution >= 4 is 5.91 Å². The largest absolute Gasteiger partial charge is 0.484 e. The van der Waals surface area contributed by atoms with E-state index in [2.05, 4.69) is 45.1 Å². The van der Waals surface area contributed by atoms with Crippen LogP contribution in [0, 0.1) is 17.8 Å². The fourth-order valence-corrected chi connectivity index (χ4v) is 4.51. The molecule has 3 nitrogen and oxygen atoms in total. The van der Waals surface area contributed by atoms with Gasteiger partial charge in [0.15, 0.2) is 6.61 Å². The van der Waals surface area contributed by atoms with Crippen molar-refractivity contribution in [2.45, 2.75) is 64.8 Å². The fourth-order valence-electron chi connectivity index (χ4n) is 4.51. The Morgan fingerprint density at radius 3 is 2.46 bits per heavy atom. The van der Waals surface area contributed by atoms with Crippen molar-refractivity contribution < 1.29 is 9.53 Å². The van der Waals surface area contributed by atoms with Crippen LogP contribution < -0.4 is 10.1 Å². The number of fused-ring (bicyclic) bond motifs is 2. The van der Waals surface area contributed by atoms with Crippen LogP contribution in [0.2, 0.25) is 0 Å². The Morgan fingerprint density at radius 2 is 1.92 bits per heavy atom. The van der Waals surface area contributed by atoms with Crippen molar-refractivity contribution in [3.63, 3.8) is 0 Å². The van der Waals surface area contributed by atoms with E-state index in [-0.39, 0.29) is 24.0 Å². The summed E-state index contributed by atoms with van der Waals surface area (Å²) >= 11 is 0. The monoisotopic (exact) mass is 329 g/mol. The van der Waals surface area contributed by atoms with Crippen LogP contribution >= 0.6 is 0 Å². The maximum atomic E-state index is 12.2. The van der Waals surface area contributed by atoms with Crippen molar-refractivity contribution in [1.29, 1.82) is 0 Å². The zero-order valence-corrected chi connectivity index (χ0v) is 15.5. The molecule has 1 N–H and O–H groups in total. The highest BCUT2D eigenvalue weighted by molar-refractivity contribution is 5.77. The molecular formula is C21H31NO2. The summed E-state index contributed by atoms with van der Waals surface area (Å²) in [7, 11) is 0. The second-order valence-corrected chi connectivity index (χ2v) is 8.76. The summed E-state index contributed by atoms with van der Waals surface area (Å²) in [5.41, 5.74) is 1.40. The first-order chi connectivity index (χ1) is 11.3. The Labute approximate surface area is 146 Å². The zero-order valence-electron chi connectivity index (χ0n) is 15.5. The molecule has 2 bridgehead atoms. The number of hydrogen-bond donors (Lipinski definition) is 1. The molecule has 1 aromatic carbocycles. The van der Waals surface area contributed by atoms with Gasteiger partial charge in [0.05, 0.1) is 0 Å². The lowest BCUT2D eigenvalue weighted by atomic mass is 9.84. The first-order valence-electron chi connectivity index (χ1n) is 9.35. The third-order valence-electron chi connectivity index (χ3n) is 5.91. The minimum Gasteiger partial charge on any atom is -0.484 e. The SMILES string of the molecule is C[C@@H](NC(=O)COc1ccc(C(C)(C)C)cc1)[C@H]1C[C@H]2CC[C@H]1C2. The average molecular weight is 329 g/mol. The molecule has 1 aromatic rings. The molecule has 0 aliphatic heterocycles. The highest BCUT2D eigenvalue weighted by Gasteiger charge is 2.42. The fraction of sp³-hybridized carbons (Fsp3) is 0.667. The van der Waals surface area contributed by atoms with Gasteiger partial charge in [-0.1, -0.05) is 39.3 Å². The molecule has 2 aliphatic carbocycles. The number of amides is 1. The van der Waals surface area contributed by atoms with Gasteiger partial charge in [-0.05, 0) is 67.1 Å². The van der Waals surface area contributed by atoms with Gasteiger partial charge in [-0.2, -0.15) is 0 Å². The van der Waals surface area contributed by atoms with Crippen LogP contribution in [-0.2, 0) is 10.2 Å². The van der Waals surface area contributed by atoms with Gasteiger partial charge in [-0.15, -0.1) is 0 Å². The van der Waals surface area contributed by atoms with Crippen LogP contribution in [0.4, 0.5) is 0 Å². The van der Waals surface area contributed by atoms with E-state index in [1.807, 2.05) is 12.1 Å². The highest BCUT2D eigenvalue weighted by atomic mass is 16.5. The van der Waals surface area contributed by atoms with Crippen LogP contribution in [0.1, 0.15) is 58.9 Å². The standard InChI is InChI=1S/C21H31NO2/c1-14(19-12-15-5-6-16(19)11-15)22-20(23)13-24-18-9-7-17(8-10-18)21(2,3)4/h7-10,14-16,19H,5-6,11-13H2,1-4H3,(H,22,23)/t14-,15+,16+,19-/m1/s1. The highest BCUT2D eigenvalue weighted by Crippen LogP contribution is 2.49. The summed E-state index contributed by atoms with van der Waals surface area (Å²) in [6.07, 6.45) is 5.42. The van der Waals surface area contributed by atoms with E-state index in [1.54, 1.807) is 0 Å². The summed E-state index contributed by atoms with van der Waals surface area (Å²) in [6, 6.07) is 8.32. The van der Waals surface area contributed by atoms with Gasteiger partial charge in [0, 0.05) is 6.04 Å². The average Bonchev–Trinajstić information content (AvgIpc) is 3.15. The molecule has 1 amide bonds. The van der Waals surface area contributed by atoms with Gasteiger partial charge in [0.2, 0.25) is 0 Å². The van der Waals surface area contributed by atoms with Gasteiger partial charge in [0.1, 0.15) is 5.75 Å². The Hall–Kier alpha value is -1.51. The second-order valence-electron chi connectivity index (χ2n) is 8.76. The van der Waals surface area contributed by atoms with Crippen molar-refractivity contribution in [2.75, 3.05) is 6.61 Å². The lowest BCUT2D eigenvalue weighted by molar-refractivity contribution is -0.124. The Morgan fingerprint density at radius 1 is 1.21 bits per heavy atom. The van der Waals surface area contributed by atoms with E-state index in [0.717, 1.165) is 17.6 Å². The van der Waals surface area contributed by atoms with Gasteiger partial charge in [0.25, 0.3) is 5.91 Å². The van der Waals surface area contributed by atoms with Crippen LogP contribution in [-0.4, -0.2) is 18.6 Å². The Bertz CT molecular complexity index is 572. The first-order valence-corrected chi connectivity index (χ1v) is 9.35. The molecule has 0 radical (unpaired) electrons. The number of rotatable bonds is 5. The summed E-state index contributed by atoms with van der Waals surface area (Å²) in [4.78, 5) is 12.2. The van der Waals surface area contributed by atoms with Crippen LogP contribution in [0.5, 0.6) is 5.75 Å². The molecule has 0 unspecified atom stereocenters. The topological polar surface area (TPSA) is 38.3 Å². The number of nitrogens with one attached hydrogen (secondary N) is 1. The smallest absolute Gasteiger partial charge is 0.258 e. The van der Waals surface area contributed by atoms with Crippen molar-refractivity contribution in [2.24, 2.45) is 17.8 Å². The predicted molar refractivity (Wildman–Crippen MR) is 97.2 cm³/mol. The molecule has 3 rings (SSSR count). The molecule has 2 fully saturated rings. The van der Waals surface area contributed by atoms with E-state index in [0.29, 0.717) is 5.92 Å². The third kappa shape index (κ3) is 3.93. The second kappa shape index (κ2) is 6.78. The number of benzene rings is 1. The Balaban J connectivity index is 1.45. The van der Waals surface area contributed by atoms with E-state index >= 15 is 0 Å². The number of hydrogen-bond acceptors (Lipinski definition) is 2. The summed E-state index contributed by atoms with van der Waals surface area (Å²) in [5, 5.41) is 3.15. The third-order valence-corrected chi connectivity index (χ3v) is 5.91. The molecule has 132 valence electrons. The minimum absolute atomic E-state index is 0.00910. The van der Waals surface area contributed by atoms with E-state index in [1.165, 1.54) is 31.2 Å². The van der Waals surface area contributed by atoms with Crippen molar-refractivity contribution in [3.8, 4) is 5.75 Å². The molecule has 0 spiro atoms. The van der Waals surface area contributed by atoms with Crippen molar-refractivity contribution in [1.82, 2.24) is 5.32 Å². The summed E-state index contributed by atoms with van der Waals surface area (Å²) in [6.45, 7) is 8.82. The van der Waals surface area contributed by atoms with Crippen LogP contribution in [0.25, 0.3) is 0 Å². The molecule has 4 atom stereocenters. The molecule has 3 heteroatoms. The number of carbonyl (C=O) groups is 1. The molecule has 24 heavy (non-hydrogen) atoms. The van der Waals surface area contributed by atoms with E-state index < -0.39 is 0 Å². The minimum atomic E-state index is -0.00910. The molecule has 2 saturated carbocycles. The lowest BCUT2D eigenvalue weighted by Crippen LogP contribution is -2.42. The van der Waals surface area contributed by atoms with Gasteiger partial charge in [-0.3, -0.25) is 4.79 Å². The maximum Gasteiger partial charge on any atom is 0.258 e. The van der Waals surface area contributed by atoms with Gasteiger partial charge >= 0.3 is 0 Å². The predicted octanol–water partition coefficient (Wildman–Crippen LogP) is 4.30.